The fraction of sp³-hybridized carbons (Fsp3) is 0.385. The Labute approximate surface area is 86.5 Å². The Morgan fingerprint density at radius 1 is 1.43 bits per heavy atom. The second-order valence-corrected chi connectivity index (χ2v) is 4.48. The lowest BCUT2D eigenvalue weighted by atomic mass is 9.91. The van der Waals surface area contributed by atoms with Crippen molar-refractivity contribution < 1.29 is 4.74 Å². The molecule has 1 aliphatic heterocycles. The van der Waals surface area contributed by atoms with Crippen LogP contribution in [0.4, 0.5) is 0 Å². The van der Waals surface area contributed by atoms with Gasteiger partial charge in [0.1, 0.15) is 11.5 Å². The largest absolute Gasteiger partial charge is 0.462 e. The lowest BCUT2D eigenvalue weighted by Gasteiger charge is -2.28. The minimum atomic E-state index is 0.0582. The fourth-order valence-electron chi connectivity index (χ4n) is 1.32. The summed E-state index contributed by atoms with van der Waals surface area (Å²) in [6, 6.07) is 0. The molecule has 0 atom stereocenters. The number of rotatable bonds is 1. The molecule has 0 aromatic heterocycles. The number of hydrogen-bond donors (Lipinski definition) is 0. The van der Waals surface area contributed by atoms with Gasteiger partial charge in [-0.15, -0.1) is 0 Å². The van der Waals surface area contributed by atoms with E-state index in [1.165, 1.54) is 0 Å². The Morgan fingerprint density at radius 3 is 2.50 bits per heavy atom. The summed E-state index contributed by atoms with van der Waals surface area (Å²) in [6.07, 6.45) is 6.71. The van der Waals surface area contributed by atoms with Gasteiger partial charge in [0.25, 0.3) is 0 Å². The van der Waals surface area contributed by atoms with Crippen LogP contribution >= 0.6 is 0 Å². The summed E-state index contributed by atoms with van der Waals surface area (Å²) >= 11 is 0. The minimum absolute atomic E-state index is 0.0582. The summed E-state index contributed by atoms with van der Waals surface area (Å²) in [4.78, 5) is 0. The molecule has 1 heteroatoms. The van der Waals surface area contributed by atoms with Gasteiger partial charge in [-0.3, -0.25) is 0 Å². The van der Waals surface area contributed by atoms with Crippen LogP contribution in [0.25, 0.3) is 0 Å². The summed E-state index contributed by atoms with van der Waals surface area (Å²) in [7, 11) is 0. The summed E-state index contributed by atoms with van der Waals surface area (Å²) < 4.78 is 5.67. The lowest BCUT2D eigenvalue weighted by molar-refractivity contribution is 0.214. The molecule has 0 saturated carbocycles. The average molecular weight is 190 g/mol. The molecular formula is C13H18O. The first-order valence-electron chi connectivity index (χ1n) is 4.84. The molecule has 1 aliphatic rings. The molecule has 0 unspecified atom stereocenters. The van der Waals surface area contributed by atoms with Crippen LogP contribution in [0, 0.1) is 5.41 Å². The van der Waals surface area contributed by atoms with Crippen molar-refractivity contribution in [1.29, 1.82) is 0 Å². The third kappa shape index (κ3) is 2.38. The van der Waals surface area contributed by atoms with Gasteiger partial charge in [-0.1, -0.05) is 46.1 Å². The maximum atomic E-state index is 5.67. The van der Waals surface area contributed by atoms with Crippen molar-refractivity contribution in [3.05, 3.63) is 48.5 Å². The molecule has 0 bridgehead atoms. The van der Waals surface area contributed by atoms with E-state index in [2.05, 4.69) is 40.0 Å². The highest BCUT2D eigenvalue weighted by Crippen LogP contribution is 2.34. The maximum Gasteiger partial charge on any atom is 0.123 e. The molecule has 0 radical (unpaired) electrons. The van der Waals surface area contributed by atoms with Crippen molar-refractivity contribution in [2.24, 2.45) is 5.41 Å². The van der Waals surface area contributed by atoms with Crippen molar-refractivity contribution in [3.63, 3.8) is 0 Å². The Hall–Kier alpha value is -1.24. The highest BCUT2D eigenvalue weighted by molar-refractivity contribution is 5.34. The molecule has 0 fully saturated rings. The molecule has 1 rings (SSSR count). The Balaban J connectivity index is 2.88. The van der Waals surface area contributed by atoms with E-state index < -0.39 is 0 Å². The quantitative estimate of drug-likeness (QED) is 0.608. The topological polar surface area (TPSA) is 9.23 Å². The molecule has 1 heterocycles. The molecule has 0 saturated heterocycles. The Bertz CT molecular complexity index is 311. The van der Waals surface area contributed by atoms with Gasteiger partial charge in [0.2, 0.25) is 0 Å². The summed E-state index contributed by atoms with van der Waals surface area (Å²) in [6.45, 7) is 14.0. The molecule has 0 spiro atoms. The SMILES string of the molecule is C=C/C=C1/CC=C(C(C)(C)C)OC1=C. The first-order valence-corrected chi connectivity index (χ1v) is 4.84. The zero-order chi connectivity index (χ0) is 10.8. The van der Waals surface area contributed by atoms with Gasteiger partial charge >= 0.3 is 0 Å². The predicted molar refractivity (Wildman–Crippen MR) is 60.7 cm³/mol. The van der Waals surface area contributed by atoms with E-state index in [1.54, 1.807) is 6.08 Å². The first kappa shape index (κ1) is 10.8. The third-order valence-electron chi connectivity index (χ3n) is 2.16. The standard InChI is InChI=1S/C13H18O/c1-6-7-11-8-9-12(13(3,4)5)14-10(11)2/h6-7,9H,1-2,8H2,3-5H3/b11-7-. The van der Waals surface area contributed by atoms with Gasteiger partial charge in [-0.2, -0.15) is 0 Å². The molecule has 0 N–H and O–H groups in total. The van der Waals surface area contributed by atoms with Crippen LogP contribution in [-0.2, 0) is 4.74 Å². The summed E-state index contributed by atoms with van der Waals surface area (Å²) in [5.74, 6) is 1.75. The Kier molecular flexibility index (Phi) is 3.00. The number of allylic oxidation sites excluding steroid dienone is 5. The molecule has 0 aromatic rings. The molecule has 0 amide bonds. The first-order chi connectivity index (χ1) is 6.45. The van der Waals surface area contributed by atoms with Crippen molar-refractivity contribution in [2.75, 3.05) is 0 Å². The monoisotopic (exact) mass is 190 g/mol. The van der Waals surface area contributed by atoms with Crippen molar-refractivity contribution in [2.45, 2.75) is 27.2 Å². The van der Waals surface area contributed by atoms with Crippen LogP contribution in [0.3, 0.4) is 0 Å². The summed E-state index contributed by atoms with van der Waals surface area (Å²) in [5, 5.41) is 0. The zero-order valence-corrected chi connectivity index (χ0v) is 9.26. The molecule has 0 aliphatic carbocycles. The highest BCUT2D eigenvalue weighted by Gasteiger charge is 2.23. The van der Waals surface area contributed by atoms with E-state index in [-0.39, 0.29) is 5.41 Å². The second-order valence-electron chi connectivity index (χ2n) is 4.48. The minimum Gasteiger partial charge on any atom is -0.462 e. The fourth-order valence-corrected chi connectivity index (χ4v) is 1.32. The van der Waals surface area contributed by atoms with Gasteiger partial charge in [-0.25, -0.2) is 0 Å². The van der Waals surface area contributed by atoms with E-state index in [1.807, 2.05) is 6.08 Å². The molecule has 14 heavy (non-hydrogen) atoms. The van der Waals surface area contributed by atoms with E-state index in [4.69, 9.17) is 4.74 Å². The van der Waals surface area contributed by atoms with Gasteiger partial charge in [0.15, 0.2) is 0 Å². The predicted octanol–water partition coefficient (Wildman–Crippen LogP) is 3.96. The normalized spacial score (nSPS) is 20.4. The van der Waals surface area contributed by atoms with Crippen LogP contribution in [-0.4, -0.2) is 0 Å². The lowest BCUT2D eigenvalue weighted by Crippen LogP contribution is -2.15. The average Bonchev–Trinajstić information content (AvgIpc) is 2.07. The zero-order valence-electron chi connectivity index (χ0n) is 9.26. The van der Waals surface area contributed by atoms with Crippen molar-refractivity contribution in [3.8, 4) is 0 Å². The van der Waals surface area contributed by atoms with Gasteiger partial charge in [0.05, 0.1) is 0 Å². The van der Waals surface area contributed by atoms with E-state index >= 15 is 0 Å². The third-order valence-corrected chi connectivity index (χ3v) is 2.16. The maximum absolute atomic E-state index is 5.67. The second kappa shape index (κ2) is 3.87. The van der Waals surface area contributed by atoms with E-state index in [9.17, 15) is 0 Å². The van der Waals surface area contributed by atoms with Crippen LogP contribution in [0.5, 0.6) is 0 Å². The van der Waals surface area contributed by atoms with E-state index in [0.29, 0.717) is 0 Å². The molecular weight excluding hydrogens is 172 g/mol. The van der Waals surface area contributed by atoms with Crippen LogP contribution in [0.1, 0.15) is 27.2 Å². The van der Waals surface area contributed by atoms with Gasteiger partial charge in [-0.05, 0) is 18.1 Å². The van der Waals surface area contributed by atoms with Crippen LogP contribution in [0.2, 0.25) is 0 Å². The van der Waals surface area contributed by atoms with Gasteiger partial charge < -0.3 is 4.74 Å². The van der Waals surface area contributed by atoms with Gasteiger partial charge in [0, 0.05) is 5.41 Å². The molecule has 76 valence electrons. The summed E-state index contributed by atoms with van der Waals surface area (Å²) in [5.41, 5.74) is 1.16. The number of hydrogen-bond acceptors (Lipinski definition) is 1. The van der Waals surface area contributed by atoms with Crippen molar-refractivity contribution >= 4 is 0 Å². The smallest absolute Gasteiger partial charge is 0.123 e. The molecule has 1 nitrogen and oxygen atoms in total. The van der Waals surface area contributed by atoms with E-state index in [0.717, 1.165) is 23.5 Å². The van der Waals surface area contributed by atoms with Crippen LogP contribution < -0.4 is 0 Å². The Morgan fingerprint density at radius 2 is 2.07 bits per heavy atom. The molecule has 0 aromatic carbocycles. The number of ether oxygens (including phenoxy) is 1. The van der Waals surface area contributed by atoms with Crippen LogP contribution in [0.15, 0.2) is 48.5 Å². The van der Waals surface area contributed by atoms with Crippen molar-refractivity contribution in [1.82, 2.24) is 0 Å². The highest BCUT2D eigenvalue weighted by atomic mass is 16.5.